The lowest BCUT2D eigenvalue weighted by molar-refractivity contribution is 0.347. The molecule has 0 aliphatic carbocycles. The minimum atomic E-state index is -0.859. The number of nitrogens with zero attached hydrogens (tertiary/aromatic N) is 1. The van der Waals surface area contributed by atoms with Gasteiger partial charge in [-0.05, 0) is 39.1 Å². The summed E-state index contributed by atoms with van der Waals surface area (Å²) in [5, 5.41) is 0. The monoisotopic (exact) mass is 253 g/mol. The molecule has 96 valence electrons. The summed E-state index contributed by atoms with van der Waals surface area (Å²) in [5.41, 5.74) is 1.21. The fraction of sp³-hybridized carbons (Fsp3) is 0.571. The predicted molar refractivity (Wildman–Crippen MR) is 74.9 cm³/mol. The van der Waals surface area contributed by atoms with Crippen LogP contribution in [0.25, 0.3) is 0 Å². The highest BCUT2D eigenvalue weighted by Crippen LogP contribution is 2.08. The number of unbranched alkanes of at least 4 members (excludes halogenated alkanes) is 1. The zero-order chi connectivity index (χ0) is 12.7. The molecule has 1 aromatic carbocycles. The molecule has 3 heteroatoms. The van der Waals surface area contributed by atoms with Crippen LogP contribution in [-0.2, 0) is 10.8 Å². The third kappa shape index (κ3) is 5.46. The third-order valence-electron chi connectivity index (χ3n) is 2.84. The Morgan fingerprint density at radius 1 is 1.18 bits per heavy atom. The molecule has 0 saturated heterocycles. The fourth-order valence-electron chi connectivity index (χ4n) is 1.59. The second kappa shape index (κ2) is 7.62. The van der Waals surface area contributed by atoms with Crippen molar-refractivity contribution in [3.63, 3.8) is 0 Å². The van der Waals surface area contributed by atoms with Crippen LogP contribution in [0.5, 0.6) is 0 Å². The van der Waals surface area contributed by atoms with Crippen LogP contribution < -0.4 is 0 Å². The first-order chi connectivity index (χ1) is 8.13. The molecule has 1 rings (SSSR count). The molecule has 0 aliphatic rings. The summed E-state index contributed by atoms with van der Waals surface area (Å²) in [6.45, 7) is 6.24. The van der Waals surface area contributed by atoms with Gasteiger partial charge in [0.2, 0.25) is 0 Å². The van der Waals surface area contributed by atoms with E-state index < -0.39 is 10.8 Å². The summed E-state index contributed by atoms with van der Waals surface area (Å²) in [6, 6.07) is 7.98. The summed E-state index contributed by atoms with van der Waals surface area (Å²) in [5.74, 6) is 0.725. The summed E-state index contributed by atoms with van der Waals surface area (Å²) in [6.07, 6.45) is 2.43. The lowest BCUT2D eigenvalue weighted by Crippen LogP contribution is -2.24. The van der Waals surface area contributed by atoms with E-state index in [4.69, 9.17) is 0 Å². The van der Waals surface area contributed by atoms with Crippen molar-refractivity contribution in [3.8, 4) is 0 Å². The van der Waals surface area contributed by atoms with Crippen LogP contribution in [0.15, 0.2) is 29.2 Å². The van der Waals surface area contributed by atoms with E-state index in [0.717, 1.165) is 23.7 Å². The van der Waals surface area contributed by atoms with Gasteiger partial charge in [-0.2, -0.15) is 0 Å². The average molecular weight is 253 g/mol. The molecule has 0 bridgehead atoms. The van der Waals surface area contributed by atoms with Crippen LogP contribution in [0.4, 0.5) is 0 Å². The molecule has 0 amide bonds. The van der Waals surface area contributed by atoms with Gasteiger partial charge in [0.1, 0.15) is 0 Å². The van der Waals surface area contributed by atoms with E-state index >= 15 is 0 Å². The Hall–Kier alpha value is -0.670. The Bertz CT molecular complexity index is 348. The minimum Gasteiger partial charge on any atom is -0.305 e. The summed E-state index contributed by atoms with van der Waals surface area (Å²) in [4.78, 5) is 3.20. The van der Waals surface area contributed by atoms with Crippen molar-refractivity contribution in [3.05, 3.63) is 29.8 Å². The van der Waals surface area contributed by atoms with Gasteiger partial charge in [0.15, 0.2) is 0 Å². The zero-order valence-electron chi connectivity index (χ0n) is 11.1. The van der Waals surface area contributed by atoms with E-state index in [1.54, 1.807) is 0 Å². The number of hydrogen-bond acceptors (Lipinski definition) is 2. The van der Waals surface area contributed by atoms with E-state index in [2.05, 4.69) is 18.9 Å². The number of aryl methyl sites for hydroxylation is 1. The number of rotatable bonds is 7. The summed E-state index contributed by atoms with van der Waals surface area (Å²) >= 11 is 0. The Morgan fingerprint density at radius 3 is 2.41 bits per heavy atom. The van der Waals surface area contributed by atoms with Crippen molar-refractivity contribution < 1.29 is 4.21 Å². The van der Waals surface area contributed by atoms with Crippen LogP contribution in [0.2, 0.25) is 0 Å². The lowest BCUT2D eigenvalue weighted by Gasteiger charge is -2.15. The number of hydrogen-bond donors (Lipinski definition) is 0. The molecular formula is C14H23NOS. The molecule has 17 heavy (non-hydrogen) atoms. The maximum atomic E-state index is 12.0. The van der Waals surface area contributed by atoms with Gasteiger partial charge >= 0.3 is 0 Å². The summed E-state index contributed by atoms with van der Waals surface area (Å²) < 4.78 is 12.0. The molecule has 0 saturated carbocycles. The topological polar surface area (TPSA) is 20.3 Å². The molecule has 0 fully saturated rings. The molecule has 0 N–H and O–H groups in total. The first-order valence-corrected chi connectivity index (χ1v) is 7.59. The quantitative estimate of drug-likeness (QED) is 0.745. The van der Waals surface area contributed by atoms with E-state index in [1.165, 1.54) is 18.4 Å². The lowest BCUT2D eigenvalue weighted by atomic mass is 10.2. The van der Waals surface area contributed by atoms with Crippen molar-refractivity contribution in [1.29, 1.82) is 0 Å². The fourth-order valence-corrected chi connectivity index (χ4v) is 2.74. The Balaban J connectivity index is 2.36. The highest BCUT2D eigenvalue weighted by molar-refractivity contribution is 7.85. The predicted octanol–water partition coefficient (Wildman–Crippen LogP) is 2.83. The van der Waals surface area contributed by atoms with Crippen molar-refractivity contribution in [2.45, 2.75) is 31.6 Å². The van der Waals surface area contributed by atoms with Crippen molar-refractivity contribution in [1.82, 2.24) is 4.90 Å². The van der Waals surface area contributed by atoms with Gasteiger partial charge in [-0.25, -0.2) is 0 Å². The molecule has 1 aromatic rings. The molecular weight excluding hydrogens is 230 g/mol. The highest BCUT2D eigenvalue weighted by atomic mass is 32.2. The van der Waals surface area contributed by atoms with Crippen molar-refractivity contribution in [2.75, 3.05) is 25.9 Å². The minimum absolute atomic E-state index is 0.725. The zero-order valence-corrected chi connectivity index (χ0v) is 11.9. The van der Waals surface area contributed by atoms with Gasteiger partial charge in [-0.1, -0.05) is 31.0 Å². The second-order valence-electron chi connectivity index (χ2n) is 4.52. The molecule has 0 heterocycles. The molecule has 0 aromatic heterocycles. The molecule has 1 unspecified atom stereocenters. The number of benzene rings is 1. The largest absolute Gasteiger partial charge is 0.305 e. The molecule has 1 atom stereocenters. The second-order valence-corrected chi connectivity index (χ2v) is 6.09. The first-order valence-electron chi connectivity index (χ1n) is 6.27. The standard InChI is InChI=1S/C14H23NOS/c1-4-5-10-15(3)11-12-17(16)14-8-6-13(2)7-9-14/h6-9H,4-5,10-12H2,1-3H3. The normalized spacial score (nSPS) is 12.9. The van der Waals surface area contributed by atoms with Crippen molar-refractivity contribution >= 4 is 10.8 Å². The SMILES string of the molecule is CCCCN(C)CCS(=O)c1ccc(C)cc1. The maximum absolute atomic E-state index is 12.0. The van der Waals surface area contributed by atoms with Gasteiger partial charge in [0.05, 0.1) is 10.8 Å². The van der Waals surface area contributed by atoms with E-state index in [9.17, 15) is 4.21 Å². The third-order valence-corrected chi connectivity index (χ3v) is 4.19. The van der Waals surface area contributed by atoms with Gasteiger partial charge < -0.3 is 4.90 Å². The Kier molecular flexibility index (Phi) is 6.45. The van der Waals surface area contributed by atoms with Gasteiger partial charge in [-0.15, -0.1) is 0 Å². The average Bonchev–Trinajstić information content (AvgIpc) is 2.34. The van der Waals surface area contributed by atoms with Crippen LogP contribution in [0.1, 0.15) is 25.3 Å². The van der Waals surface area contributed by atoms with Gasteiger partial charge in [-0.3, -0.25) is 4.21 Å². The van der Waals surface area contributed by atoms with E-state index in [0.29, 0.717) is 0 Å². The first kappa shape index (κ1) is 14.4. The van der Waals surface area contributed by atoms with Crippen LogP contribution >= 0.6 is 0 Å². The molecule has 0 spiro atoms. The van der Waals surface area contributed by atoms with Gasteiger partial charge in [0, 0.05) is 17.2 Å². The molecule has 0 aliphatic heterocycles. The van der Waals surface area contributed by atoms with Crippen molar-refractivity contribution in [2.24, 2.45) is 0 Å². The van der Waals surface area contributed by atoms with Gasteiger partial charge in [0.25, 0.3) is 0 Å². The van der Waals surface area contributed by atoms with E-state index in [-0.39, 0.29) is 0 Å². The Labute approximate surface area is 107 Å². The van der Waals surface area contributed by atoms with Crippen LogP contribution in [-0.4, -0.2) is 35.0 Å². The maximum Gasteiger partial charge on any atom is 0.0542 e. The van der Waals surface area contributed by atoms with Crippen LogP contribution in [0, 0.1) is 6.92 Å². The highest BCUT2D eigenvalue weighted by Gasteiger charge is 2.05. The smallest absolute Gasteiger partial charge is 0.0542 e. The summed E-state index contributed by atoms with van der Waals surface area (Å²) in [7, 11) is 1.24. The van der Waals surface area contributed by atoms with E-state index in [1.807, 2.05) is 31.2 Å². The Morgan fingerprint density at radius 2 is 1.82 bits per heavy atom. The molecule has 0 radical (unpaired) electrons. The molecule has 2 nitrogen and oxygen atoms in total. The van der Waals surface area contributed by atoms with Crippen LogP contribution in [0.3, 0.4) is 0 Å².